The molecule has 2 atom stereocenters. The number of rotatable bonds is 1. The lowest BCUT2D eigenvalue weighted by molar-refractivity contribution is -0.0443. The Kier molecular flexibility index (Phi) is 3.04. The molecule has 110 valence electrons. The maximum Gasteiger partial charge on any atom is 0.266 e. The van der Waals surface area contributed by atoms with Crippen LogP contribution in [0, 0.1) is 0 Å². The number of amides is 1. The highest BCUT2D eigenvalue weighted by Gasteiger charge is 2.39. The highest BCUT2D eigenvalue weighted by Crippen LogP contribution is 2.35. The normalized spacial score (nSPS) is 25.2. The molecule has 1 amide bonds. The van der Waals surface area contributed by atoms with Crippen molar-refractivity contribution in [3.05, 3.63) is 17.3 Å². The number of thiophene rings is 1. The standard InChI is InChI=1S/C14H16N4O2S/c15-10-11-13(17-5-4-16-11)21-12(10)14(19)18-6-7-20-9-3-1-2-8(9)18/h4-5,8-9H,1-3,6-7,15H2. The number of anilines is 1. The van der Waals surface area contributed by atoms with Gasteiger partial charge in [-0.1, -0.05) is 0 Å². The molecule has 2 aromatic heterocycles. The number of hydrogen-bond acceptors (Lipinski definition) is 6. The van der Waals surface area contributed by atoms with E-state index in [1.807, 2.05) is 4.90 Å². The molecule has 0 radical (unpaired) electrons. The Balaban J connectivity index is 1.71. The molecule has 0 aromatic carbocycles. The van der Waals surface area contributed by atoms with Crippen LogP contribution >= 0.6 is 11.3 Å². The van der Waals surface area contributed by atoms with Crippen molar-refractivity contribution in [2.24, 2.45) is 0 Å². The lowest BCUT2D eigenvalue weighted by Gasteiger charge is -2.37. The smallest absolute Gasteiger partial charge is 0.266 e. The first-order valence-electron chi connectivity index (χ1n) is 7.17. The minimum Gasteiger partial charge on any atom is -0.396 e. The number of nitrogen functional groups attached to an aromatic ring is 1. The van der Waals surface area contributed by atoms with Gasteiger partial charge in [-0.3, -0.25) is 4.79 Å². The molecule has 2 N–H and O–H groups in total. The van der Waals surface area contributed by atoms with Crippen LogP contribution in [0.5, 0.6) is 0 Å². The van der Waals surface area contributed by atoms with Crippen LogP contribution in [0.25, 0.3) is 10.3 Å². The minimum atomic E-state index is -0.00231. The summed E-state index contributed by atoms with van der Waals surface area (Å²) in [6.07, 6.45) is 6.58. The van der Waals surface area contributed by atoms with Crippen molar-refractivity contribution in [3.63, 3.8) is 0 Å². The Morgan fingerprint density at radius 3 is 3.10 bits per heavy atom. The van der Waals surface area contributed by atoms with Crippen molar-refractivity contribution >= 4 is 33.3 Å². The fourth-order valence-electron chi connectivity index (χ4n) is 3.31. The number of aromatic nitrogens is 2. The Morgan fingerprint density at radius 1 is 1.38 bits per heavy atom. The first kappa shape index (κ1) is 13.0. The number of ether oxygens (including phenoxy) is 1. The van der Waals surface area contributed by atoms with Gasteiger partial charge in [0.1, 0.15) is 15.2 Å². The number of hydrogen-bond donors (Lipinski definition) is 1. The second-order valence-electron chi connectivity index (χ2n) is 5.46. The number of morpholine rings is 1. The highest BCUT2D eigenvalue weighted by molar-refractivity contribution is 7.21. The van der Waals surface area contributed by atoms with Gasteiger partial charge in [-0.15, -0.1) is 11.3 Å². The van der Waals surface area contributed by atoms with E-state index >= 15 is 0 Å². The van der Waals surface area contributed by atoms with Gasteiger partial charge in [-0.05, 0) is 19.3 Å². The van der Waals surface area contributed by atoms with Crippen molar-refractivity contribution in [1.29, 1.82) is 0 Å². The van der Waals surface area contributed by atoms with Gasteiger partial charge < -0.3 is 15.4 Å². The van der Waals surface area contributed by atoms with Crippen molar-refractivity contribution in [2.75, 3.05) is 18.9 Å². The summed E-state index contributed by atoms with van der Waals surface area (Å²) in [5.41, 5.74) is 7.19. The number of nitrogens with zero attached hydrogens (tertiary/aromatic N) is 3. The first-order valence-corrected chi connectivity index (χ1v) is 7.99. The second-order valence-corrected chi connectivity index (χ2v) is 6.46. The maximum atomic E-state index is 12.9. The summed E-state index contributed by atoms with van der Waals surface area (Å²) in [7, 11) is 0. The van der Waals surface area contributed by atoms with E-state index in [4.69, 9.17) is 10.5 Å². The van der Waals surface area contributed by atoms with Crippen LogP contribution in [0.15, 0.2) is 12.4 Å². The Bertz CT molecular complexity index is 701. The fourth-order valence-corrected chi connectivity index (χ4v) is 4.29. The minimum absolute atomic E-state index is 0.00231. The monoisotopic (exact) mass is 304 g/mol. The molecule has 4 rings (SSSR count). The van der Waals surface area contributed by atoms with Gasteiger partial charge in [0.05, 0.1) is 24.4 Å². The van der Waals surface area contributed by atoms with Crippen molar-refractivity contribution < 1.29 is 9.53 Å². The molecule has 1 aliphatic heterocycles. The zero-order chi connectivity index (χ0) is 14.4. The summed E-state index contributed by atoms with van der Waals surface area (Å²) in [5, 5.41) is 0. The van der Waals surface area contributed by atoms with Gasteiger partial charge in [0.15, 0.2) is 0 Å². The van der Waals surface area contributed by atoms with Gasteiger partial charge in [0, 0.05) is 18.9 Å². The van der Waals surface area contributed by atoms with Crippen LogP contribution in [0.1, 0.15) is 28.9 Å². The third kappa shape index (κ3) is 1.99. The number of carbonyl (C=O) groups is 1. The zero-order valence-corrected chi connectivity index (χ0v) is 12.3. The van der Waals surface area contributed by atoms with Crippen molar-refractivity contribution in [3.8, 4) is 0 Å². The van der Waals surface area contributed by atoms with Gasteiger partial charge >= 0.3 is 0 Å². The Morgan fingerprint density at radius 2 is 2.24 bits per heavy atom. The molecular formula is C14H16N4O2S. The van der Waals surface area contributed by atoms with E-state index in [9.17, 15) is 4.79 Å². The first-order chi connectivity index (χ1) is 10.3. The van der Waals surface area contributed by atoms with E-state index in [0.29, 0.717) is 29.2 Å². The van der Waals surface area contributed by atoms with Crippen LogP contribution in [-0.2, 0) is 4.74 Å². The molecule has 2 fully saturated rings. The molecule has 2 aliphatic rings. The molecule has 2 aromatic rings. The summed E-state index contributed by atoms with van der Waals surface area (Å²) in [6, 6.07) is 0.191. The number of nitrogens with two attached hydrogens (primary N) is 1. The van der Waals surface area contributed by atoms with Crippen molar-refractivity contribution in [1.82, 2.24) is 14.9 Å². The molecule has 6 nitrogen and oxygen atoms in total. The molecule has 1 saturated carbocycles. The van der Waals surface area contributed by atoms with Gasteiger partial charge in [0.25, 0.3) is 5.91 Å². The molecule has 3 heterocycles. The van der Waals surface area contributed by atoms with E-state index in [-0.39, 0.29) is 18.1 Å². The van der Waals surface area contributed by atoms with Crippen LogP contribution in [0.4, 0.5) is 5.69 Å². The predicted octanol–water partition coefficient (Wildman–Crippen LogP) is 1.67. The highest BCUT2D eigenvalue weighted by atomic mass is 32.1. The third-order valence-corrected chi connectivity index (χ3v) is 5.39. The Hall–Kier alpha value is -1.73. The van der Waals surface area contributed by atoms with Crippen LogP contribution in [0.3, 0.4) is 0 Å². The van der Waals surface area contributed by atoms with Crippen molar-refractivity contribution in [2.45, 2.75) is 31.4 Å². The molecule has 21 heavy (non-hydrogen) atoms. The van der Waals surface area contributed by atoms with E-state index in [1.165, 1.54) is 11.3 Å². The molecular weight excluding hydrogens is 288 g/mol. The summed E-state index contributed by atoms with van der Waals surface area (Å²) in [6.45, 7) is 1.24. The third-order valence-electron chi connectivity index (χ3n) is 4.30. The largest absolute Gasteiger partial charge is 0.396 e. The second kappa shape index (κ2) is 4.92. The average Bonchev–Trinajstić information content (AvgIpc) is 3.11. The van der Waals surface area contributed by atoms with Crippen LogP contribution in [0.2, 0.25) is 0 Å². The number of carbonyl (C=O) groups excluding carboxylic acids is 1. The summed E-state index contributed by atoms with van der Waals surface area (Å²) in [5.74, 6) is -0.00231. The summed E-state index contributed by atoms with van der Waals surface area (Å²) >= 11 is 1.33. The van der Waals surface area contributed by atoms with Gasteiger partial charge in [-0.2, -0.15) is 0 Å². The number of fused-ring (bicyclic) bond motifs is 2. The van der Waals surface area contributed by atoms with Gasteiger partial charge in [-0.25, -0.2) is 9.97 Å². The molecule has 1 aliphatic carbocycles. The van der Waals surface area contributed by atoms with Crippen LogP contribution < -0.4 is 5.73 Å². The van der Waals surface area contributed by atoms with E-state index in [2.05, 4.69) is 9.97 Å². The average molecular weight is 304 g/mol. The quantitative estimate of drug-likeness (QED) is 0.866. The lowest BCUT2D eigenvalue weighted by atomic mass is 10.1. The SMILES string of the molecule is Nc1c(C(=O)N2CCOC3CCCC32)sc2nccnc12. The fraction of sp³-hybridized carbons (Fsp3) is 0.500. The molecule has 0 spiro atoms. The predicted molar refractivity (Wildman–Crippen MR) is 80.2 cm³/mol. The summed E-state index contributed by atoms with van der Waals surface area (Å²) < 4.78 is 5.76. The topological polar surface area (TPSA) is 81.3 Å². The molecule has 7 heteroatoms. The Labute approximate surface area is 125 Å². The molecule has 2 unspecified atom stereocenters. The van der Waals surface area contributed by atoms with E-state index in [1.54, 1.807) is 12.4 Å². The maximum absolute atomic E-state index is 12.9. The van der Waals surface area contributed by atoms with Gasteiger partial charge in [0.2, 0.25) is 0 Å². The summed E-state index contributed by atoms with van der Waals surface area (Å²) in [4.78, 5) is 24.5. The molecule has 0 bridgehead atoms. The lowest BCUT2D eigenvalue weighted by Crippen LogP contribution is -2.51. The van der Waals surface area contributed by atoms with Crippen LogP contribution in [-0.4, -0.2) is 46.1 Å². The van der Waals surface area contributed by atoms with E-state index in [0.717, 1.165) is 24.1 Å². The van der Waals surface area contributed by atoms with E-state index < -0.39 is 0 Å². The molecule has 1 saturated heterocycles. The zero-order valence-electron chi connectivity index (χ0n) is 11.5.